The van der Waals surface area contributed by atoms with E-state index >= 15 is 0 Å². The maximum Gasteiger partial charge on any atom is 0.0803 e. The molecular weight excluding hydrogens is 158 g/mol. The van der Waals surface area contributed by atoms with Gasteiger partial charge in [0.1, 0.15) is 0 Å². The zero-order valence-corrected chi connectivity index (χ0v) is 7.69. The summed E-state index contributed by atoms with van der Waals surface area (Å²) < 4.78 is 3.87. The van der Waals surface area contributed by atoms with Gasteiger partial charge in [0.05, 0.1) is 10.6 Å². The van der Waals surface area contributed by atoms with E-state index < -0.39 is 0 Å². The molecule has 1 heterocycles. The molecule has 1 aromatic heterocycles. The molecule has 1 rings (SSSR count). The molecule has 0 saturated heterocycles. The van der Waals surface area contributed by atoms with E-state index in [1.807, 2.05) is 6.92 Å². The van der Waals surface area contributed by atoms with Gasteiger partial charge in [-0.3, -0.25) is 0 Å². The zero-order chi connectivity index (χ0) is 8.27. The summed E-state index contributed by atoms with van der Waals surface area (Å²) in [5.41, 5.74) is 6.80. The Morgan fingerprint density at radius 3 is 2.91 bits per heavy atom. The van der Waals surface area contributed by atoms with Crippen molar-refractivity contribution in [1.29, 1.82) is 0 Å². The first-order chi connectivity index (χ1) is 5.25. The average Bonchev–Trinajstić information content (AvgIpc) is 2.36. The topological polar surface area (TPSA) is 51.8 Å². The van der Waals surface area contributed by atoms with E-state index in [0.717, 1.165) is 23.4 Å². The van der Waals surface area contributed by atoms with E-state index in [1.54, 1.807) is 0 Å². The fraction of sp³-hybridized carbons (Fsp3) is 0.714. The van der Waals surface area contributed by atoms with E-state index in [-0.39, 0.29) is 6.04 Å². The summed E-state index contributed by atoms with van der Waals surface area (Å²) in [5, 5.41) is 4.02. The van der Waals surface area contributed by atoms with Crippen LogP contribution < -0.4 is 5.73 Å². The van der Waals surface area contributed by atoms with Crippen molar-refractivity contribution in [2.24, 2.45) is 5.73 Å². The third-order valence-corrected chi connectivity index (χ3v) is 2.45. The lowest BCUT2D eigenvalue weighted by Crippen LogP contribution is -2.05. The lowest BCUT2D eigenvalue weighted by molar-refractivity contribution is 0.786. The van der Waals surface area contributed by atoms with Gasteiger partial charge in [0.25, 0.3) is 0 Å². The molecule has 0 aliphatic carbocycles. The first-order valence-corrected chi connectivity index (χ1v) is 4.59. The number of aryl methyl sites for hydroxylation is 1. The highest BCUT2D eigenvalue weighted by Crippen LogP contribution is 2.18. The van der Waals surface area contributed by atoms with Crippen molar-refractivity contribution in [3.8, 4) is 0 Å². The largest absolute Gasteiger partial charge is 0.323 e. The van der Waals surface area contributed by atoms with Crippen LogP contribution in [0, 0.1) is 0 Å². The molecule has 0 aliphatic heterocycles. The molecule has 0 radical (unpaired) electrons. The highest BCUT2D eigenvalue weighted by atomic mass is 32.1. The number of hydrogen-bond acceptors (Lipinski definition) is 4. The number of nitrogens with two attached hydrogens (primary N) is 1. The fourth-order valence-electron chi connectivity index (χ4n) is 0.972. The van der Waals surface area contributed by atoms with Gasteiger partial charge < -0.3 is 5.73 Å². The summed E-state index contributed by atoms with van der Waals surface area (Å²) in [6, 6.07) is 0.0801. The Labute approximate surface area is 70.8 Å². The second-order valence-corrected chi connectivity index (χ2v) is 3.41. The van der Waals surface area contributed by atoms with Crippen molar-refractivity contribution >= 4 is 11.5 Å². The van der Waals surface area contributed by atoms with E-state index in [9.17, 15) is 0 Å². The Morgan fingerprint density at radius 1 is 1.64 bits per heavy atom. The van der Waals surface area contributed by atoms with Crippen LogP contribution in [0.4, 0.5) is 0 Å². The SMILES string of the molecule is CCCc1nnsc1C(C)N. The van der Waals surface area contributed by atoms with Crippen LogP contribution in [0.2, 0.25) is 0 Å². The second kappa shape index (κ2) is 3.78. The second-order valence-electron chi connectivity index (χ2n) is 2.62. The molecule has 1 unspecified atom stereocenters. The minimum atomic E-state index is 0.0801. The highest BCUT2D eigenvalue weighted by Gasteiger charge is 2.09. The highest BCUT2D eigenvalue weighted by molar-refractivity contribution is 7.05. The van der Waals surface area contributed by atoms with E-state index in [0.29, 0.717) is 0 Å². The predicted octanol–water partition coefficient (Wildman–Crippen LogP) is 1.51. The maximum absolute atomic E-state index is 5.72. The number of rotatable bonds is 3. The lowest BCUT2D eigenvalue weighted by Gasteiger charge is -2.01. The first kappa shape index (κ1) is 8.62. The van der Waals surface area contributed by atoms with Crippen molar-refractivity contribution in [2.45, 2.75) is 32.7 Å². The zero-order valence-electron chi connectivity index (χ0n) is 6.87. The van der Waals surface area contributed by atoms with Gasteiger partial charge in [-0.15, -0.1) is 5.10 Å². The van der Waals surface area contributed by atoms with E-state index in [1.165, 1.54) is 11.5 Å². The Kier molecular flexibility index (Phi) is 2.96. The van der Waals surface area contributed by atoms with Gasteiger partial charge in [-0.25, -0.2) is 0 Å². The Morgan fingerprint density at radius 2 is 2.36 bits per heavy atom. The third kappa shape index (κ3) is 1.97. The van der Waals surface area contributed by atoms with Gasteiger partial charge in [-0.2, -0.15) is 0 Å². The molecule has 4 heteroatoms. The van der Waals surface area contributed by atoms with Gasteiger partial charge in [0.15, 0.2) is 0 Å². The van der Waals surface area contributed by atoms with Crippen LogP contribution in [0.3, 0.4) is 0 Å². The van der Waals surface area contributed by atoms with Gasteiger partial charge >= 0.3 is 0 Å². The quantitative estimate of drug-likeness (QED) is 0.750. The molecule has 2 N–H and O–H groups in total. The predicted molar refractivity (Wildman–Crippen MR) is 46.5 cm³/mol. The molecule has 0 fully saturated rings. The Balaban J connectivity index is 2.78. The summed E-state index contributed by atoms with van der Waals surface area (Å²) >= 11 is 1.41. The molecule has 0 aromatic carbocycles. The van der Waals surface area contributed by atoms with Crippen molar-refractivity contribution < 1.29 is 0 Å². The number of nitrogens with zero attached hydrogens (tertiary/aromatic N) is 2. The number of hydrogen-bond donors (Lipinski definition) is 1. The molecule has 3 nitrogen and oxygen atoms in total. The van der Waals surface area contributed by atoms with Crippen LogP contribution in [-0.4, -0.2) is 9.59 Å². The Bertz CT molecular complexity index is 219. The average molecular weight is 171 g/mol. The van der Waals surface area contributed by atoms with Gasteiger partial charge in [0.2, 0.25) is 0 Å². The van der Waals surface area contributed by atoms with Crippen molar-refractivity contribution in [3.05, 3.63) is 10.6 Å². The molecule has 62 valence electrons. The number of aromatic nitrogens is 2. The molecule has 0 spiro atoms. The normalized spacial score (nSPS) is 13.4. The van der Waals surface area contributed by atoms with Crippen LogP contribution in [0.15, 0.2) is 0 Å². The minimum absolute atomic E-state index is 0.0801. The van der Waals surface area contributed by atoms with Gasteiger partial charge in [-0.05, 0) is 24.9 Å². The van der Waals surface area contributed by atoms with Crippen LogP contribution >= 0.6 is 11.5 Å². The summed E-state index contributed by atoms with van der Waals surface area (Å²) in [7, 11) is 0. The standard InChI is InChI=1S/C7H13N3S/c1-3-4-6-7(5(2)8)11-10-9-6/h5H,3-4,8H2,1-2H3. The van der Waals surface area contributed by atoms with Crippen molar-refractivity contribution in [2.75, 3.05) is 0 Å². The summed E-state index contributed by atoms with van der Waals surface area (Å²) in [5.74, 6) is 0. The van der Waals surface area contributed by atoms with Crippen LogP contribution in [0.5, 0.6) is 0 Å². The van der Waals surface area contributed by atoms with Gasteiger partial charge in [-0.1, -0.05) is 17.8 Å². The monoisotopic (exact) mass is 171 g/mol. The van der Waals surface area contributed by atoms with Crippen molar-refractivity contribution in [1.82, 2.24) is 9.59 Å². The molecule has 11 heavy (non-hydrogen) atoms. The summed E-state index contributed by atoms with van der Waals surface area (Å²) in [6.07, 6.45) is 2.10. The maximum atomic E-state index is 5.72. The fourth-order valence-corrected chi connectivity index (χ4v) is 1.61. The summed E-state index contributed by atoms with van der Waals surface area (Å²) in [4.78, 5) is 1.13. The lowest BCUT2D eigenvalue weighted by atomic mass is 10.2. The molecule has 0 aliphatic rings. The van der Waals surface area contributed by atoms with Crippen LogP contribution in [0.1, 0.15) is 36.9 Å². The molecular formula is C7H13N3S. The van der Waals surface area contributed by atoms with Crippen LogP contribution in [-0.2, 0) is 6.42 Å². The molecule has 1 atom stereocenters. The van der Waals surface area contributed by atoms with E-state index in [4.69, 9.17) is 5.73 Å². The summed E-state index contributed by atoms with van der Waals surface area (Å²) in [6.45, 7) is 4.10. The first-order valence-electron chi connectivity index (χ1n) is 3.82. The minimum Gasteiger partial charge on any atom is -0.323 e. The molecule has 0 amide bonds. The third-order valence-electron chi connectivity index (χ3n) is 1.49. The van der Waals surface area contributed by atoms with Crippen molar-refractivity contribution in [3.63, 3.8) is 0 Å². The van der Waals surface area contributed by atoms with Crippen LogP contribution in [0.25, 0.3) is 0 Å². The molecule has 0 saturated carbocycles. The molecule has 0 bridgehead atoms. The van der Waals surface area contributed by atoms with Gasteiger partial charge in [0, 0.05) is 6.04 Å². The molecule has 1 aromatic rings. The smallest absolute Gasteiger partial charge is 0.0803 e. The van der Waals surface area contributed by atoms with E-state index in [2.05, 4.69) is 16.5 Å². The Hall–Kier alpha value is -0.480.